The van der Waals surface area contributed by atoms with Gasteiger partial charge in [0.2, 0.25) is 0 Å². The summed E-state index contributed by atoms with van der Waals surface area (Å²) in [6.07, 6.45) is 13.1. The van der Waals surface area contributed by atoms with E-state index in [9.17, 15) is 13.2 Å². The number of aromatic nitrogens is 2. The maximum atomic E-state index is 13.2. The summed E-state index contributed by atoms with van der Waals surface area (Å²) in [5.74, 6) is 2.88. The number of fused-ring (bicyclic) bond motifs is 1. The van der Waals surface area contributed by atoms with Crippen molar-refractivity contribution in [3.8, 4) is 0 Å². The van der Waals surface area contributed by atoms with E-state index in [0.29, 0.717) is 29.6 Å². The number of Topliss-reactive ketones (excluding diaryl/α,β-unsaturated/α-hetero) is 1. The lowest BCUT2D eigenvalue weighted by Crippen LogP contribution is -2.46. The van der Waals surface area contributed by atoms with Crippen LogP contribution >= 0.6 is 0 Å². The summed E-state index contributed by atoms with van der Waals surface area (Å²) >= 11 is 0. The van der Waals surface area contributed by atoms with Gasteiger partial charge >= 0.3 is 0 Å². The molecule has 0 saturated heterocycles. The third kappa shape index (κ3) is 4.06. The maximum Gasteiger partial charge on any atom is 0.264 e. The lowest BCUT2D eigenvalue weighted by molar-refractivity contribution is -0.0570. The van der Waals surface area contributed by atoms with Gasteiger partial charge < -0.3 is 0 Å². The molecule has 4 saturated carbocycles. The quantitative estimate of drug-likeness (QED) is 0.467. The van der Waals surface area contributed by atoms with Crippen LogP contribution in [-0.2, 0) is 20.7 Å². The number of carbonyl (C=O) groups excluding carboxylic acids is 1. The Morgan fingerprint density at radius 3 is 2.47 bits per heavy atom. The molecule has 0 aromatic carbocycles. The van der Waals surface area contributed by atoms with Crippen molar-refractivity contribution in [3.05, 3.63) is 35.8 Å². The Hall–Kier alpha value is -1.73. The average Bonchev–Trinajstić information content (AvgIpc) is 3.07. The average molecular weight is 431 g/mol. The molecule has 0 amide bonds. The molecule has 4 aliphatic carbocycles. The van der Waals surface area contributed by atoms with Crippen molar-refractivity contribution in [1.29, 1.82) is 0 Å². The van der Waals surface area contributed by atoms with E-state index in [-0.39, 0.29) is 12.4 Å². The predicted molar refractivity (Wildman–Crippen MR) is 114 cm³/mol. The molecular weight excluding hydrogens is 400 g/mol. The van der Waals surface area contributed by atoms with Gasteiger partial charge in [-0.2, -0.15) is 8.42 Å². The zero-order chi connectivity index (χ0) is 20.9. The SMILES string of the molecule is CS(=O)(=O)OCCc1cn2c(C(=O)CCC34CC5CC(CC(C5)C3)C4)cccc2n1. The van der Waals surface area contributed by atoms with Crippen LogP contribution in [0.3, 0.4) is 0 Å². The highest BCUT2D eigenvalue weighted by Crippen LogP contribution is 2.61. The fourth-order valence-electron chi connectivity index (χ4n) is 6.81. The second-order valence-electron chi connectivity index (χ2n) is 9.99. The zero-order valence-corrected chi connectivity index (χ0v) is 18.4. The number of nitrogens with zero attached hydrogens (tertiary/aromatic N) is 2. The van der Waals surface area contributed by atoms with Crippen molar-refractivity contribution in [2.75, 3.05) is 12.9 Å². The van der Waals surface area contributed by atoms with Gasteiger partial charge in [-0.25, -0.2) is 4.98 Å². The molecule has 0 unspecified atom stereocenters. The third-order valence-electron chi connectivity index (χ3n) is 7.53. The first-order valence-electron chi connectivity index (χ1n) is 11.1. The zero-order valence-electron chi connectivity index (χ0n) is 17.5. The Morgan fingerprint density at radius 1 is 1.17 bits per heavy atom. The third-order valence-corrected chi connectivity index (χ3v) is 8.13. The van der Waals surface area contributed by atoms with E-state index in [4.69, 9.17) is 4.18 Å². The smallest absolute Gasteiger partial charge is 0.264 e. The van der Waals surface area contributed by atoms with Crippen LogP contribution in [0.25, 0.3) is 5.65 Å². The molecule has 4 bridgehead atoms. The summed E-state index contributed by atoms with van der Waals surface area (Å²) < 4.78 is 29.0. The summed E-state index contributed by atoms with van der Waals surface area (Å²) in [7, 11) is -3.46. The molecule has 0 radical (unpaired) electrons. The van der Waals surface area contributed by atoms with E-state index < -0.39 is 10.1 Å². The molecule has 2 heterocycles. The topological polar surface area (TPSA) is 77.7 Å². The molecule has 4 fully saturated rings. The second kappa shape index (κ2) is 7.45. The van der Waals surface area contributed by atoms with Crippen LogP contribution in [0.5, 0.6) is 0 Å². The van der Waals surface area contributed by atoms with Crippen LogP contribution in [0, 0.1) is 23.2 Å². The van der Waals surface area contributed by atoms with E-state index in [0.717, 1.165) is 36.1 Å². The first-order chi connectivity index (χ1) is 14.3. The fraction of sp³-hybridized carbons (Fsp3) is 0.652. The van der Waals surface area contributed by atoms with E-state index in [2.05, 4.69) is 4.98 Å². The molecule has 162 valence electrons. The van der Waals surface area contributed by atoms with Crippen LogP contribution in [0.4, 0.5) is 0 Å². The monoisotopic (exact) mass is 430 g/mol. The standard InChI is InChI=1S/C23H30N2O4S/c1-30(27,28)29-8-6-19-15-25-20(3-2-4-22(25)24-19)21(26)5-7-23-12-16-9-17(13-23)11-18(10-16)14-23/h2-4,15-18H,5-14H2,1H3. The van der Waals surface area contributed by atoms with Crippen molar-refractivity contribution in [1.82, 2.24) is 9.38 Å². The molecule has 2 aromatic rings. The van der Waals surface area contributed by atoms with Crippen molar-refractivity contribution in [2.24, 2.45) is 23.2 Å². The molecule has 6 nitrogen and oxygen atoms in total. The molecule has 4 aliphatic rings. The minimum atomic E-state index is -3.46. The molecule has 6 rings (SSSR count). The number of pyridine rings is 1. The molecule has 0 aliphatic heterocycles. The summed E-state index contributed by atoms with van der Waals surface area (Å²) in [5.41, 5.74) is 2.51. The lowest BCUT2D eigenvalue weighted by Gasteiger charge is -2.57. The molecule has 0 spiro atoms. The molecule has 0 atom stereocenters. The predicted octanol–water partition coefficient (Wildman–Crippen LogP) is 4.03. The Bertz CT molecular complexity index is 1040. The van der Waals surface area contributed by atoms with E-state index in [1.165, 1.54) is 38.5 Å². The summed E-state index contributed by atoms with van der Waals surface area (Å²) in [6, 6.07) is 5.61. The number of hydrogen-bond acceptors (Lipinski definition) is 5. The number of hydrogen-bond donors (Lipinski definition) is 0. The van der Waals surface area contributed by atoms with Gasteiger partial charge in [0.25, 0.3) is 10.1 Å². The minimum absolute atomic E-state index is 0.0536. The van der Waals surface area contributed by atoms with Gasteiger partial charge in [-0.1, -0.05) is 6.07 Å². The summed E-state index contributed by atoms with van der Waals surface area (Å²) in [4.78, 5) is 17.7. The van der Waals surface area contributed by atoms with Crippen LogP contribution in [0.1, 0.15) is 67.5 Å². The lowest BCUT2D eigenvalue weighted by atomic mass is 9.48. The first-order valence-corrected chi connectivity index (χ1v) is 12.9. The van der Waals surface area contributed by atoms with Crippen LogP contribution in [0.2, 0.25) is 0 Å². The highest BCUT2D eigenvalue weighted by Gasteiger charge is 2.50. The van der Waals surface area contributed by atoms with E-state index in [1.807, 2.05) is 28.8 Å². The van der Waals surface area contributed by atoms with Gasteiger partial charge in [-0.05, 0) is 80.2 Å². The van der Waals surface area contributed by atoms with E-state index >= 15 is 0 Å². The van der Waals surface area contributed by atoms with Crippen LogP contribution < -0.4 is 0 Å². The highest BCUT2D eigenvalue weighted by molar-refractivity contribution is 7.85. The molecule has 30 heavy (non-hydrogen) atoms. The van der Waals surface area contributed by atoms with Gasteiger partial charge in [0, 0.05) is 19.0 Å². The summed E-state index contributed by atoms with van der Waals surface area (Å²) in [5, 5.41) is 0. The number of rotatable bonds is 8. The van der Waals surface area contributed by atoms with Gasteiger partial charge in [-0.15, -0.1) is 0 Å². The van der Waals surface area contributed by atoms with Gasteiger partial charge in [0.15, 0.2) is 5.78 Å². The molecule has 2 aromatic heterocycles. The molecule has 7 heteroatoms. The van der Waals surface area contributed by atoms with Crippen molar-refractivity contribution in [3.63, 3.8) is 0 Å². The van der Waals surface area contributed by atoms with Crippen LogP contribution in [-0.4, -0.2) is 36.4 Å². The van der Waals surface area contributed by atoms with Gasteiger partial charge in [0.1, 0.15) is 5.65 Å². The number of ketones is 1. The summed E-state index contributed by atoms with van der Waals surface area (Å²) in [6.45, 7) is 0.0536. The fourth-order valence-corrected chi connectivity index (χ4v) is 7.20. The van der Waals surface area contributed by atoms with Crippen molar-refractivity contribution < 1.29 is 17.4 Å². The Balaban J connectivity index is 1.28. The Kier molecular flexibility index (Phi) is 5.01. The minimum Gasteiger partial charge on any atom is -0.296 e. The second-order valence-corrected chi connectivity index (χ2v) is 11.6. The van der Waals surface area contributed by atoms with Crippen molar-refractivity contribution >= 4 is 21.5 Å². The maximum absolute atomic E-state index is 13.2. The first kappa shape index (κ1) is 20.2. The van der Waals surface area contributed by atoms with Gasteiger partial charge in [-0.3, -0.25) is 13.4 Å². The van der Waals surface area contributed by atoms with Crippen molar-refractivity contribution in [2.45, 2.75) is 57.8 Å². The molecule has 0 N–H and O–H groups in total. The number of imidazole rings is 1. The normalized spacial score (nSPS) is 30.2. The number of carbonyl (C=O) groups is 1. The van der Waals surface area contributed by atoms with E-state index in [1.54, 1.807) is 0 Å². The molecular formula is C23H30N2O4S. The Labute approximate surface area is 178 Å². The van der Waals surface area contributed by atoms with Gasteiger partial charge in [0.05, 0.1) is 24.3 Å². The van der Waals surface area contributed by atoms with Crippen LogP contribution in [0.15, 0.2) is 24.4 Å². The highest BCUT2D eigenvalue weighted by atomic mass is 32.2. The Morgan fingerprint density at radius 2 is 1.83 bits per heavy atom. The largest absolute Gasteiger partial charge is 0.296 e.